The number of benzene rings is 3. The number of carbonyl (C=O) groups excluding carboxylic acids is 3. The first-order valence-electron chi connectivity index (χ1n) is 14.3. The van der Waals surface area contributed by atoms with Crippen LogP contribution in [0.5, 0.6) is 0 Å². The Bertz CT molecular complexity index is 1490. The number of anilines is 2. The summed E-state index contributed by atoms with van der Waals surface area (Å²) in [6, 6.07) is 21.5. The van der Waals surface area contributed by atoms with Crippen molar-refractivity contribution in [1.82, 2.24) is 0 Å². The first-order chi connectivity index (χ1) is 19.5. The fraction of sp³-hybridized carbons (Fsp3) is 0.324. The van der Waals surface area contributed by atoms with Gasteiger partial charge in [-0.05, 0) is 48.6 Å². The lowest BCUT2D eigenvalue weighted by Crippen LogP contribution is -2.51. The van der Waals surface area contributed by atoms with Crippen molar-refractivity contribution in [3.63, 3.8) is 0 Å². The molecule has 1 spiro atoms. The third-order valence-corrected chi connectivity index (χ3v) is 8.66. The minimum absolute atomic E-state index is 0.175. The number of rotatable bonds is 8. The zero-order chi connectivity index (χ0) is 27.9. The van der Waals surface area contributed by atoms with Gasteiger partial charge in [0, 0.05) is 16.9 Å². The highest BCUT2D eigenvalue weighted by atomic mass is 16.5. The van der Waals surface area contributed by atoms with Gasteiger partial charge in [-0.3, -0.25) is 9.59 Å². The smallest absolute Gasteiger partial charge is 0.329 e. The molecule has 3 aliphatic heterocycles. The van der Waals surface area contributed by atoms with E-state index in [0.717, 1.165) is 42.5 Å². The van der Waals surface area contributed by atoms with E-state index in [0.29, 0.717) is 11.3 Å². The van der Waals surface area contributed by atoms with Crippen LogP contribution < -0.4 is 10.2 Å². The number of ketones is 1. The van der Waals surface area contributed by atoms with Crippen molar-refractivity contribution in [2.75, 3.05) is 16.8 Å². The standard InChI is InChI=1S/C34H34N2O4/c1-3-5-6-11-22-16-18-24(19-17-22)31(37)29-30(32(38)40-4-2)36-27-15-10-7-12-23(27)20-21-28(36)34(29)25-13-8-9-14-26(25)35-33(34)39/h7-10,12-21,28-30H,3-6,11H2,1-2H3,(H,35,39)/t28-,29-,30-,34+/m1/s1. The van der Waals surface area contributed by atoms with Gasteiger partial charge in [0.25, 0.3) is 0 Å². The number of hydrogen-bond donors (Lipinski definition) is 1. The summed E-state index contributed by atoms with van der Waals surface area (Å²) in [5.41, 5.74) is 3.51. The molecule has 6 rings (SSSR count). The van der Waals surface area contributed by atoms with Gasteiger partial charge in [-0.1, -0.05) is 92.6 Å². The maximum Gasteiger partial charge on any atom is 0.329 e. The Labute approximate surface area is 235 Å². The molecule has 1 fully saturated rings. The molecule has 0 saturated carbocycles. The summed E-state index contributed by atoms with van der Waals surface area (Å²) in [4.78, 5) is 44.7. The van der Waals surface area contributed by atoms with E-state index in [9.17, 15) is 14.4 Å². The Hall–Kier alpha value is -4.19. The summed E-state index contributed by atoms with van der Waals surface area (Å²) in [7, 11) is 0. The minimum atomic E-state index is -1.31. The van der Waals surface area contributed by atoms with Crippen molar-refractivity contribution in [2.45, 2.75) is 57.0 Å². The predicted molar refractivity (Wildman–Crippen MR) is 156 cm³/mol. The highest BCUT2D eigenvalue weighted by Gasteiger charge is 2.70. The zero-order valence-electron chi connectivity index (χ0n) is 22.9. The number of aryl methyl sites for hydroxylation is 1. The van der Waals surface area contributed by atoms with Crippen LogP contribution in [-0.2, 0) is 26.2 Å². The van der Waals surface area contributed by atoms with Crippen molar-refractivity contribution in [3.05, 3.63) is 101 Å². The SMILES string of the molecule is CCCCCc1ccc(C(=O)[C@H]2[C@H](C(=O)OCC)N3c4ccccc4C=C[C@@H]3[C@]23C(=O)Nc2ccccc23)cc1. The van der Waals surface area contributed by atoms with E-state index in [-0.39, 0.29) is 18.3 Å². The van der Waals surface area contributed by atoms with Crippen LogP contribution in [0.25, 0.3) is 6.08 Å². The minimum Gasteiger partial charge on any atom is -0.464 e. The van der Waals surface area contributed by atoms with E-state index >= 15 is 0 Å². The van der Waals surface area contributed by atoms with E-state index in [1.54, 1.807) is 6.92 Å². The summed E-state index contributed by atoms with van der Waals surface area (Å²) in [5.74, 6) is -2.00. The molecule has 0 radical (unpaired) electrons. The van der Waals surface area contributed by atoms with E-state index in [1.165, 1.54) is 5.56 Å². The normalized spacial score (nSPS) is 23.9. The molecule has 3 aliphatic rings. The second kappa shape index (κ2) is 10.4. The van der Waals surface area contributed by atoms with Gasteiger partial charge in [0.15, 0.2) is 5.78 Å². The number of nitrogens with one attached hydrogen (secondary N) is 1. The van der Waals surface area contributed by atoms with Crippen LogP contribution in [0.1, 0.15) is 60.2 Å². The van der Waals surface area contributed by atoms with E-state index in [4.69, 9.17) is 4.74 Å². The number of unbranched alkanes of at least 4 members (excludes halogenated alkanes) is 2. The third-order valence-electron chi connectivity index (χ3n) is 8.66. The van der Waals surface area contributed by atoms with Crippen LogP contribution in [0.2, 0.25) is 0 Å². The molecule has 1 N–H and O–H groups in total. The number of amides is 1. The van der Waals surface area contributed by atoms with Crippen molar-refractivity contribution < 1.29 is 19.1 Å². The van der Waals surface area contributed by atoms with Crippen LogP contribution in [0, 0.1) is 5.92 Å². The maximum absolute atomic E-state index is 14.7. The molecule has 6 nitrogen and oxygen atoms in total. The van der Waals surface area contributed by atoms with Gasteiger partial charge in [0.05, 0.1) is 18.6 Å². The topological polar surface area (TPSA) is 75.7 Å². The Morgan fingerprint density at radius 1 is 0.950 bits per heavy atom. The maximum atomic E-state index is 14.7. The molecule has 204 valence electrons. The van der Waals surface area contributed by atoms with E-state index in [2.05, 4.69) is 12.2 Å². The van der Waals surface area contributed by atoms with Crippen LogP contribution >= 0.6 is 0 Å². The molecule has 3 aromatic carbocycles. The van der Waals surface area contributed by atoms with Gasteiger partial charge >= 0.3 is 5.97 Å². The quantitative estimate of drug-likeness (QED) is 0.219. The first-order valence-corrected chi connectivity index (χ1v) is 14.3. The molecule has 4 atom stereocenters. The van der Waals surface area contributed by atoms with Crippen LogP contribution in [0.4, 0.5) is 11.4 Å². The number of carbonyl (C=O) groups is 3. The lowest BCUT2D eigenvalue weighted by atomic mass is 9.64. The van der Waals surface area contributed by atoms with E-state index < -0.39 is 29.4 Å². The average molecular weight is 535 g/mol. The molecule has 0 aromatic heterocycles. The summed E-state index contributed by atoms with van der Waals surface area (Å²) in [6.45, 7) is 4.11. The number of fused-ring (bicyclic) bond motifs is 6. The van der Waals surface area contributed by atoms with Gasteiger partial charge in [-0.15, -0.1) is 0 Å². The molecule has 1 amide bonds. The summed E-state index contributed by atoms with van der Waals surface area (Å²) in [6.07, 6.45) is 8.32. The number of nitrogens with zero attached hydrogens (tertiary/aromatic N) is 1. The predicted octanol–water partition coefficient (Wildman–Crippen LogP) is 5.96. The van der Waals surface area contributed by atoms with Gasteiger partial charge in [0.2, 0.25) is 5.91 Å². The molecular weight excluding hydrogens is 500 g/mol. The molecule has 3 aromatic rings. The molecule has 0 unspecified atom stereocenters. The van der Waals surface area contributed by atoms with Gasteiger partial charge < -0.3 is 15.0 Å². The largest absolute Gasteiger partial charge is 0.464 e. The number of esters is 1. The van der Waals surface area contributed by atoms with Crippen molar-refractivity contribution in [2.24, 2.45) is 5.92 Å². The second-order valence-electron chi connectivity index (χ2n) is 10.8. The number of hydrogen-bond acceptors (Lipinski definition) is 5. The Morgan fingerprint density at radius 2 is 1.70 bits per heavy atom. The Kier molecular flexibility index (Phi) is 6.78. The van der Waals surface area contributed by atoms with E-state index in [1.807, 2.05) is 89.8 Å². The van der Waals surface area contributed by atoms with Crippen molar-refractivity contribution in [1.29, 1.82) is 0 Å². The summed E-state index contributed by atoms with van der Waals surface area (Å²) in [5, 5.41) is 3.05. The molecular formula is C34H34N2O4. The fourth-order valence-electron chi connectivity index (χ4n) is 6.91. The first kappa shape index (κ1) is 26.1. The Morgan fingerprint density at radius 3 is 2.48 bits per heavy atom. The molecule has 0 bridgehead atoms. The number of ether oxygens (including phenoxy) is 1. The monoisotopic (exact) mass is 534 g/mol. The third kappa shape index (κ3) is 3.88. The lowest BCUT2D eigenvalue weighted by Gasteiger charge is -2.37. The van der Waals surface area contributed by atoms with Crippen LogP contribution in [0.15, 0.2) is 78.9 Å². The number of Topliss-reactive ketones (excluding diaryl/α,β-unsaturated/α-hetero) is 1. The average Bonchev–Trinajstić information content (AvgIpc) is 3.46. The Balaban J connectivity index is 1.53. The molecule has 0 aliphatic carbocycles. The summed E-state index contributed by atoms with van der Waals surface area (Å²) < 4.78 is 5.62. The van der Waals surface area contributed by atoms with Gasteiger partial charge in [0.1, 0.15) is 11.5 Å². The molecule has 6 heteroatoms. The number of para-hydroxylation sites is 2. The fourth-order valence-corrected chi connectivity index (χ4v) is 6.91. The van der Waals surface area contributed by atoms with Crippen LogP contribution in [-0.4, -0.2) is 36.4 Å². The van der Waals surface area contributed by atoms with Crippen molar-refractivity contribution in [3.8, 4) is 0 Å². The van der Waals surface area contributed by atoms with Gasteiger partial charge in [-0.25, -0.2) is 4.79 Å². The second-order valence-corrected chi connectivity index (χ2v) is 10.8. The molecule has 40 heavy (non-hydrogen) atoms. The van der Waals surface area contributed by atoms with Gasteiger partial charge in [-0.2, -0.15) is 0 Å². The zero-order valence-corrected chi connectivity index (χ0v) is 22.9. The molecule has 1 saturated heterocycles. The summed E-state index contributed by atoms with van der Waals surface area (Å²) >= 11 is 0. The highest BCUT2D eigenvalue weighted by molar-refractivity contribution is 6.16. The van der Waals surface area contributed by atoms with Crippen LogP contribution in [0.3, 0.4) is 0 Å². The molecule has 3 heterocycles. The van der Waals surface area contributed by atoms with Crippen molar-refractivity contribution >= 4 is 35.1 Å². The lowest BCUT2D eigenvalue weighted by molar-refractivity contribution is -0.145. The highest BCUT2D eigenvalue weighted by Crippen LogP contribution is 2.57.